The highest BCUT2D eigenvalue weighted by atomic mass is 32.2. The third-order valence-electron chi connectivity index (χ3n) is 3.95. The zero-order chi connectivity index (χ0) is 18.4. The summed E-state index contributed by atoms with van der Waals surface area (Å²) in [4.78, 5) is 12.6. The Morgan fingerprint density at radius 1 is 1.04 bits per heavy atom. The molecule has 0 fully saturated rings. The van der Waals surface area contributed by atoms with Crippen LogP contribution in [0.2, 0.25) is 0 Å². The van der Waals surface area contributed by atoms with Gasteiger partial charge in [-0.25, -0.2) is 13.1 Å². The van der Waals surface area contributed by atoms with Crippen LogP contribution in [-0.4, -0.2) is 20.9 Å². The van der Waals surface area contributed by atoms with Crippen LogP contribution in [0.25, 0.3) is 0 Å². The normalized spacial score (nSPS) is 11.3. The minimum Gasteiger partial charge on any atom is -0.321 e. The van der Waals surface area contributed by atoms with Gasteiger partial charge in [0.1, 0.15) is 0 Å². The maximum absolute atomic E-state index is 12.5. The van der Waals surface area contributed by atoms with Crippen LogP contribution < -0.4 is 10.0 Å². The molecule has 0 heterocycles. The molecule has 0 aliphatic carbocycles. The zero-order valence-electron chi connectivity index (χ0n) is 14.8. The predicted molar refractivity (Wildman–Crippen MR) is 100 cm³/mol. The highest BCUT2D eigenvalue weighted by Gasteiger charge is 2.15. The lowest BCUT2D eigenvalue weighted by Gasteiger charge is -2.13. The number of amides is 1. The van der Waals surface area contributed by atoms with Crippen molar-refractivity contribution in [2.75, 3.05) is 11.9 Å². The first-order valence-electron chi connectivity index (χ1n) is 8.38. The van der Waals surface area contributed by atoms with E-state index in [-0.39, 0.29) is 10.8 Å². The molecule has 0 aliphatic heterocycles. The molecule has 0 aromatic heterocycles. The van der Waals surface area contributed by atoms with Gasteiger partial charge in [-0.3, -0.25) is 4.79 Å². The van der Waals surface area contributed by atoms with Crippen molar-refractivity contribution >= 4 is 21.6 Å². The summed E-state index contributed by atoms with van der Waals surface area (Å²) in [6.45, 7) is 6.26. The van der Waals surface area contributed by atoms with Crippen LogP contribution in [0.3, 0.4) is 0 Å². The smallest absolute Gasteiger partial charge is 0.255 e. The van der Waals surface area contributed by atoms with E-state index in [1.807, 2.05) is 39.0 Å². The number of anilines is 1. The molecule has 2 aromatic rings. The molecule has 0 saturated heterocycles. The molecule has 0 saturated carbocycles. The molecule has 5 nitrogen and oxygen atoms in total. The van der Waals surface area contributed by atoms with E-state index in [0.29, 0.717) is 12.1 Å². The van der Waals surface area contributed by atoms with Gasteiger partial charge in [0.05, 0.1) is 4.90 Å². The van der Waals surface area contributed by atoms with Crippen molar-refractivity contribution in [1.82, 2.24) is 4.72 Å². The first-order valence-corrected chi connectivity index (χ1v) is 9.87. The lowest BCUT2D eigenvalue weighted by Crippen LogP contribution is -2.24. The summed E-state index contributed by atoms with van der Waals surface area (Å²) in [7, 11) is -3.52. The van der Waals surface area contributed by atoms with Crippen LogP contribution in [0.15, 0.2) is 47.4 Å². The molecular formula is C19H24N2O3S. The Bertz CT molecular complexity index is 843. The van der Waals surface area contributed by atoms with E-state index in [0.717, 1.165) is 29.7 Å². The Kier molecular flexibility index (Phi) is 6.33. The molecular weight excluding hydrogens is 336 g/mol. The Morgan fingerprint density at radius 3 is 2.32 bits per heavy atom. The number of rotatable bonds is 7. The SMILES string of the molecule is CCCNS(=O)(=O)c1ccc(C(=O)Nc2c(C)cccc2CC)cc1. The third-order valence-corrected chi connectivity index (χ3v) is 5.42. The standard InChI is InChI=1S/C19H24N2O3S/c1-4-13-20-25(23,24)17-11-9-16(10-12-17)19(22)21-18-14(3)7-6-8-15(18)5-2/h6-12,20H,4-5,13H2,1-3H3,(H,21,22). The summed E-state index contributed by atoms with van der Waals surface area (Å²) in [5.74, 6) is -0.255. The average Bonchev–Trinajstić information content (AvgIpc) is 2.61. The molecule has 0 unspecified atom stereocenters. The van der Waals surface area contributed by atoms with Crippen molar-refractivity contribution in [3.8, 4) is 0 Å². The van der Waals surface area contributed by atoms with Gasteiger partial charge in [0.15, 0.2) is 0 Å². The highest BCUT2D eigenvalue weighted by Crippen LogP contribution is 2.22. The van der Waals surface area contributed by atoms with Crippen molar-refractivity contribution in [3.05, 3.63) is 59.2 Å². The monoisotopic (exact) mass is 360 g/mol. The quantitative estimate of drug-likeness (QED) is 0.793. The lowest BCUT2D eigenvalue weighted by molar-refractivity contribution is 0.102. The van der Waals surface area contributed by atoms with E-state index in [2.05, 4.69) is 10.0 Å². The molecule has 2 aromatic carbocycles. The molecule has 134 valence electrons. The zero-order valence-corrected chi connectivity index (χ0v) is 15.6. The molecule has 0 aliphatic rings. The number of para-hydroxylation sites is 1. The second kappa shape index (κ2) is 8.27. The van der Waals surface area contributed by atoms with Gasteiger partial charge < -0.3 is 5.32 Å². The summed E-state index contributed by atoms with van der Waals surface area (Å²) in [5, 5.41) is 2.93. The van der Waals surface area contributed by atoms with Gasteiger partial charge in [-0.2, -0.15) is 0 Å². The molecule has 2 N–H and O–H groups in total. The van der Waals surface area contributed by atoms with Crippen molar-refractivity contribution in [3.63, 3.8) is 0 Å². The largest absolute Gasteiger partial charge is 0.321 e. The second-order valence-electron chi connectivity index (χ2n) is 5.84. The molecule has 0 spiro atoms. The number of carbonyl (C=O) groups excluding carboxylic acids is 1. The van der Waals surface area contributed by atoms with Gasteiger partial charge in [0.2, 0.25) is 10.0 Å². The van der Waals surface area contributed by atoms with Crippen LogP contribution in [0.4, 0.5) is 5.69 Å². The number of hydrogen-bond acceptors (Lipinski definition) is 3. The van der Waals surface area contributed by atoms with Crippen LogP contribution in [0.1, 0.15) is 41.8 Å². The van der Waals surface area contributed by atoms with Gasteiger partial charge in [-0.05, 0) is 55.2 Å². The Labute approximate surface area is 149 Å². The first-order chi connectivity index (χ1) is 11.9. The van der Waals surface area contributed by atoms with Gasteiger partial charge >= 0.3 is 0 Å². The van der Waals surface area contributed by atoms with Crippen molar-refractivity contribution < 1.29 is 13.2 Å². The summed E-state index contributed by atoms with van der Waals surface area (Å²) < 4.78 is 26.7. The number of benzene rings is 2. The molecule has 6 heteroatoms. The lowest BCUT2D eigenvalue weighted by atomic mass is 10.1. The van der Waals surface area contributed by atoms with E-state index in [4.69, 9.17) is 0 Å². The number of sulfonamides is 1. The Hall–Kier alpha value is -2.18. The molecule has 25 heavy (non-hydrogen) atoms. The fourth-order valence-electron chi connectivity index (χ4n) is 2.49. The van der Waals surface area contributed by atoms with Gasteiger partial charge in [-0.15, -0.1) is 0 Å². The Balaban J connectivity index is 2.19. The Morgan fingerprint density at radius 2 is 1.72 bits per heavy atom. The minimum atomic E-state index is -3.52. The minimum absolute atomic E-state index is 0.155. The topological polar surface area (TPSA) is 75.3 Å². The number of nitrogens with one attached hydrogen (secondary N) is 2. The van der Waals surface area contributed by atoms with E-state index in [9.17, 15) is 13.2 Å². The second-order valence-corrected chi connectivity index (χ2v) is 7.61. The fourth-order valence-corrected chi connectivity index (χ4v) is 3.63. The maximum Gasteiger partial charge on any atom is 0.255 e. The van der Waals surface area contributed by atoms with E-state index in [1.165, 1.54) is 24.3 Å². The van der Waals surface area contributed by atoms with Gasteiger partial charge in [-0.1, -0.05) is 32.0 Å². The van der Waals surface area contributed by atoms with Crippen LogP contribution in [0.5, 0.6) is 0 Å². The number of aryl methyl sites for hydroxylation is 2. The fraction of sp³-hybridized carbons (Fsp3) is 0.316. The summed E-state index contributed by atoms with van der Waals surface area (Å²) in [6, 6.07) is 11.9. The van der Waals surface area contributed by atoms with E-state index >= 15 is 0 Å². The molecule has 0 atom stereocenters. The van der Waals surface area contributed by atoms with Crippen molar-refractivity contribution in [2.45, 2.75) is 38.5 Å². The first kappa shape index (κ1) is 19.1. The maximum atomic E-state index is 12.5. The van der Waals surface area contributed by atoms with E-state index in [1.54, 1.807) is 0 Å². The van der Waals surface area contributed by atoms with Crippen LogP contribution in [-0.2, 0) is 16.4 Å². The van der Waals surface area contributed by atoms with Crippen molar-refractivity contribution in [1.29, 1.82) is 0 Å². The number of carbonyl (C=O) groups is 1. The summed E-state index contributed by atoms with van der Waals surface area (Å²) in [6.07, 6.45) is 1.54. The van der Waals surface area contributed by atoms with Crippen LogP contribution in [0, 0.1) is 6.92 Å². The molecule has 2 rings (SSSR count). The van der Waals surface area contributed by atoms with Crippen LogP contribution >= 0.6 is 0 Å². The number of hydrogen-bond donors (Lipinski definition) is 2. The van der Waals surface area contributed by atoms with Gasteiger partial charge in [0.25, 0.3) is 5.91 Å². The highest BCUT2D eigenvalue weighted by molar-refractivity contribution is 7.89. The van der Waals surface area contributed by atoms with Crippen molar-refractivity contribution in [2.24, 2.45) is 0 Å². The van der Waals surface area contributed by atoms with E-state index < -0.39 is 10.0 Å². The molecule has 0 bridgehead atoms. The predicted octanol–water partition coefficient (Wildman–Crippen LogP) is 3.50. The average molecular weight is 360 g/mol. The molecule has 0 radical (unpaired) electrons. The third kappa shape index (κ3) is 4.67. The molecule has 1 amide bonds. The summed E-state index contributed by atoms with van der Waals surface area (Å²) >= 11 is 0. The summed E-state index contributed by atoms with van der Waals surface area (Å²) in [5.41, 5.74) is 3.29. The van der Waals surface area contributed by atoms with Gasteiger partial charge in [0, 0.05) is 17.8 Å².